The summed E-state index contributed by atoms with van der Waals surface area (Å²) in [5.41, 5.74) is 4.15. The summed E-state index contributed by atoms with van der Waals surface area (Å²) in [5.74, 6) is -0.135. The minimum atomic E-state index is -0.152. The third-order valence-corrected chi connectivity index (χ3v) is 3.99. The number of aryl methyl sites for hydroxylation is 2. The zero-order chi connectivity index (χ0) is 17.5. The molecule has 2 amide bonds. The summed E-state index contributed by atoms with van der Waals surface area (Å²) >= 11 is 0. The lowest BCUT2D eigenvalue weighted by Crippen LogP contribution is -2.32. The molecule has 24 heavy (non-hydrogen) atoms. The molecule has 0 radical (unpaired) electrons. The standard InChI is InChI=1S/C20H24N2O2/c1-15-9-10-18(16(2)13-15)14-22(3)19(23)11-12-21-20(24)17-7-5-4-6-8-17/h4-10,13H,11-12,14H2,1-3H3,(H,21,24). The fourth-order valence-electron chi connectivity index (χ4n) is 2.53. The van der Waals surface area contributed by atoms with Crippen molar-refractivity contribution in [3.8, 4) is 0 Å². The molecule has 2 aromatic carbocycles. The van der Waals surface area contributed by atoms with Crippen LogP contribution < -0.4 is 5.32 Å². The quantitative estimate of drug-likeness (QED) is 0.888. The molecular formula is C20H24N2O2. The predicted molar refractivity (Wildman–Crippen MR) is 95.8 cm³/mol. The molecule has 0 unspecified atom stereocenters. The Morgan fingerprint density at radius 2 is 1.75 bits per heavy atom. The molecule has 0 aliphatic carbocycles. The molecule has 0 aliphatic heterocycles. The second-order valence-electron chi connectivity index (χ2n) is 6.05. The van der Waals surface area contributed by atoms with Gasteiger partial charge in [0.25, 0.3) is 5.91 Å². The Balaban J connectivity index is 1.80. The topological polar surface area (TPSA) is 49.4 Å². The van der Waals surface area contributed by atoms with E-state index < -0.39 is 0 Å². The van der Waals surface area contributed by atoms with Gasteiger partial charge in [-0.05, 0) is 37.1 Å². The largest absolute Gasteiger partial charge is 0.352 e. The number of carbonyl (C=O) groups excluding carboxylic acids is 2. The number of amides is 2. The Morgan fingerprint density at radius 1 is 1.04 bits per heavy atom. The van der Waals surface area contributed by atoms with Crippen LogP contribution in [0, 0.1) is 13.8 Å². The van der Waals surface area contributed by atoms with E-state index in [9.17, 15) is 9.59 Å². The van der Waals surface area contributed by atoms with Crippen LogP contribution in [0.3, 0.4) is 0 Å². The molecule has 0 saturated heterocycles. The molecule has 0 saturated carbocycles. The van der Waals surface area contributed by atoms with Crippen molar-refractivity contribution < 1.29 is 9.59 Å². The highest BCUT2D eigenvalue weighted by Gasteiger charge is 2.11. The minimum absolute atomic E-state index is 0.0170. The molecule has 4 heteroatoms. The van der Waals surface area contributed by atoms with Gasteiger partial charge >= 0.3 is 0 Å². The highest BCUT2D eigenvalue weighted by Crippen LogP contribution is 2.12. The lowest BCUT2D eigenvalue weighted by Gasteiger charge is -2.19. The summed E-state index contributed by atoms with van der Waals surface area (Å²) in [7, 11) is 1.79. The smallest absolute Gasteiger partial charge is 0.251 e. The molecule has 0 heterocycles. The van der Waals surface area contributed by atoms with Gasteiger partial charge in [-0.2, -0.15) is 0 Å². The summed E-state index contributed by atoms with van der Waals surface area (Å²) in [5, 5.41) is 2.78. The van der Waals surface area contributed by atoms with Crippen LogP contribution >= 0.6 is 0 Å². The maximum absolute atomic E-state index is 12.2. The molecule has 2 aromatic rings. The number of hydrogen-bond donors (Lipinski definition) is 1. The molecule has 0 spiro atoms. The Morgan fingerprint density at radius 3 is 2.42 bits per heavy atom. The number of hydrogen-bond acceptors (Lipinski definition) is 2. The lowest BCUT2D eigenvalue weighted by molar-refractivity contribution is -0.130. The van der Waals surface area contributed by atoms with Gasteiger partial charge in [-0.15, -0.1) is 0 Å². The molecule has 4 nitrogen and oxygen atoms in total. The summed E-state index contributed by atoms with van der Waals surface area (Å²) in [6, 6.07) is 15.2. The molecule has 126 valence electrons. The van der Waals surface area contributed by atoms with Crippen LogP contribution in [0.15, 0.2) is 48.5 Å². The van der Waals surface area contributed by atoms with Gasteiger partial charge in [0.05, 0.1) is 0 Å². The number of nitrogens with zero attached hydrogens (tertiary/aromatic N) is 1. The Kier molecular flexibility index (Phi) is 6.13. The predicted octanol–water partition coefficient (Wildman–Crippen LogP) is 3.08. The van der Waals surface area contributed by atoms with Crippen LogP contribution in [0.2, 0.25) is 0 Å². The molecule has 0 atom stereocenters. The second kappa shape index (κ2) is 8.29. The average Bonchev–Trinajstić information content (AvgIpc) is 2.57. The first-order valence-electron chi connectivity index (χ1n) is 8.10. The highest BCUT2D eigenvalue weighted by molar-refractivity contribution is 5.94. The number of rotatable bonds is 6. The van der Waals surface area contributed by atoms with Crippen LogP contribution in [0.25, 0.3) is 0 Å². The van der Waals surface area contributed by atoms with Gasteiger partial charge in [-0.25, -0.2) is 0 Å². The van der Waals surface area contributed by atoms with Crippen LogP contribution in [0.1, 0.15) is 33.5 Å². The van der Waals surface area contributed by atoms with Crippen molar-refractivity contribution >= 4 is 11.8 Å². The van der Waals surface area contributed by atoms with E-state index in [2.05, 4.69) is 37.4 Å². The van der Waals surface area contributed by atoms with Gasteiger partial charge in [-0.1, -0.05) is 42.0 Å². The first-order chi connectivity index (χ1) is 11.5. The summed E-state index contributed by atoms with van der Waals surface area (Å²) in [6.07, 6.45) is 0.292. The maximum Gasteiger partial charge on any atom is 0.251 e. The third-order valence-electron chi connectivity index (χ3n) is 3.99. The molecule has 0 aliphatic rings. The van der Waals surface area contributed by atoms with E-state index in [1.807, 2.05) is 18.2 Å². The number of nitrogens with one attached hydrogen (secondary N) is 1. The van der Waals surface area contributed by atoms with E-state index in [4.69, 9.17) is 0 Å². The molecule has 1 N–H and O–H groups in total. The Hall–Kier alpha value is -2.62. The SMILES string of the molecule is Cc1ccc(CN(C)C(=O)CCNC(=O)c2ccccc2)c(C)c1. The second-order valence-corrected chi connectivity index (χ2v) is 6.05. The molecule has 0 bridgehead atoms. The fourth-order valence-corrected chi connectivity index (χ4v) is 2.53. The van der Waals surface area contributed by atoms with E-state index >= 15 is 0 Å². The zero-order valence-corrected chi connectivity index (χ0v) is 14.5. The Labute approximate surface area is 143 Å². The van der Waals surface area contributed by atoms with Crippen molar-refractivity contribution in [2.24, 2.45) is 0 Å². The monoisotopic (exact) mass is 324 g/mol. The van der Waals surface area contributed by atoms with E-state index in [1.54, 1.807) is 24.1 Å². The van der Waals surface area contributed by atoms with Crippen LogP contribution in [0.5, 0.6) is 0 Å². The summed E-state index contributed by atoms with van der Waals surface area (Å²) < 4.78 is 0. The van der Waals surface area contributed by atoms with E-state index in [1.165, 1.54) is 11.1 Å². The van der Waals surface area contributed by atoms with Crippen molar-refractivity contribution in [2.75, 3.05) is 13.6 Å². The minimum Gasteiger partial charge on any atom is -0.352 e. The van der Waals surface area contributed by atoms with Gasteiger partial charge in [-0.3, -0.25) is 9.59 Å². The first kappa shape index (κ1) is 17.7. The number of benzene rings is 2. The molecular weight excluding hydrogens is 300 g/mol. The normalized spacial score (nSPS) is 10.3. The zero-order valence-electron chi connectivity index (χ0n) is 14.5. The van der Waals surface area contributed by atoms with E-state index in [-0.39, 0.29) is 11.8 Å². The van der Waals surface area contributed by atoms with Crippen molar-refractivity contribution in [1.29, 1.82) is 0 Å². The van der Waals surface area contributed by atoms with E-state index in [0.29, 0.717) is 25.1 Å². The van der Waals surface area contributed by atoms with Crippen LogP contribution in [-0.4, -0.2) is 30.3 Å². The fraction of sp³-hybridized carbons (Fsp3) is 0.300. The van der Waals surface area contributed by atoms with Crippen LogP contribution in [0.4, 0.5) is 0 Å². The van der Waals surface area contributed by atoms with Crippen molar-refractivity contribution in [2.45, 2.75) is 26.8 Å². The summed E-state index contributed by atoms with van der Waals surface area (Å²) in [6.45, 7) is 5.03. The van der Waals surface area contributed by atoms with Gasteiger partial charge in [0.15, 0.2) is 0 Å². The summed E-state index contributed by atoms with van der Waals surface area (Å²) in [4.78, 5) is 25.8. The van der Waals surface area contributed by atoms with Gasteiger partial charge in [0.1, 0.15) is 0 Å². The average molecular weight is 324 g/mol. The molecule has 0 fully saturated rings. The van der Waals surface area contributed by atoms with Gasteiger partial charge in [0.2, 0.25) is 5.91 Å². The van der Waals surface area contributed by atoms with Crippen molar-refractivity contribution in [3.63, 3.8) is 0 Å². The highest BCUT2D eigenvalue weighted by atomic mass is 16.2. The van der Waals surface area contributed by atoms with Crippen LogP contribution in [-0.2, 0) is 11.3 Å². The molecule has 2 rings (SSSR count). The van der Waals surface area contributed by atoms with E-state index in [0.717, 1.165) is 5.56 Å². The lowest BCUT2D eigenvalue weighted by atomic mass is 10.1. The van der Waals surface area contributed by atoms with Gasteiger partial charge in [0, 0.05) is 32.1 Å². The molecule has 0 aromatic heterocycles. The first-order valence-corrected chi connectivity index (χ1v) is 8.10. The van der Waals surface area contributed by atoms with Crippen molar-refractivity contribution in [3.05, 3.63) is 70.8 Å². The van der Waals surface area contributed by atoms with Crippen molar-refractivity contribution in [1.82, 2.24) is 10.2 Å². The number of carbonyl (C=O) groups is 2. The Bertz CT molecular complexity index is 711. The van der Waals surface area contributed by atoms with Gasteiger partial charge < -0.3 is 10.2 Å². The third kappa shape index (κ3) is 4.95. The maximum atomic E-state index is 12.2.